The third-order valence-electron chi connectivity index (χ3n) is 5.31. The van der Waals surface area contributed by atoms with Crippen molar-refractivity contribution < 1.29 is 9.31 Å². The molecule has 2 aromatic carbocycles. The molecule has 0 saturated carbocycles. The first-order chi connectivity index (χ1) is 15.7. The highest BCUT2D eigenvalue weighted by atomic mass is 16.5. The lowest BCUT2D eigenvalue weighted by molar-refractivity contribution is -0.494. The molecule has 3 nitrogen and oxygen atoms in total. The predicted molar refractivity (Wildman–Crippen MR) is 131 cm³/mol. The number of nitriles is 1. The van der Waals surface area contributed by atoms with Crippen molar-refractivity contribution in [1.29, 1.82) is 5.26 Å². The number of hydrogen-bond acceptors (Lipinski definition) is 2. The van der Waals surface area contributed by atoms with Crippen molar-refractivity contribution in [3.8, 4) is 6.07 Å². The minimum absolute atomic E-state index is 0.515. The summed E-state index contributed by atoms with van der Waals surface area (Å²) in [6.07, 6.45) is 17.0. The van der Waals surface area contributed by atoms with E-state index < -0.39 is 0 Å². The molecule has 4 rings (SSSR count). The summed E-state index contributed by atoms with van der Waals surface area (Å²) < 4.78 is 8.31. The lowest BCUT2D eigenvalue weighted by Gasteiger charge is -2.18. The van der Waals surface area contributed by atoms with Crippen LogP contribution in [0.15, 0.2) is 121 Å². The highest BCUT2D eigenvalue weighted by Crippen LogP contribution is 2.31. The summed E-state index contributed by atoms with van der Waals surface area (Å²) in [6, 6.07) is 22.7. The van der Waals surface area contributed by atoms with Gasteiger partial charge in [-0.3, -0.25) is 0 Å². The van der Waals surface area contributed by atoms with Crippen LogP contribution in [0.2, 0.25) is 0 Å². The Morgan fingerprint density at radius 1 is 0.844 bits per heavy atom. The smallest absolute Gasteiger partial charge is 0.199 e. The highest BCUT2D eigenvalue weighted by molar-refractivity contribution is 6.02. The summed E-state index contributed by atoms with van der Waals surface area (Å²) >= 11 is 0. The highest BCUT2D eigenvalue weighted by Gasteiger charge is 2.14. The van der Waals surface area contributed by atoms with Crippen molar-refractivity contribution in [2.75, 3.05) is 13.6 Å². The van der Waals surface area contributed by atoms with Gasteiger partial charge in [0.2, 0.25) is 0 Å². The number of hydrogen-bond donors (Lipinski definition) is 0. The maximum Gasteiger partial charge on any atom is 0.199 e. The van der Waals surface area contributed by atoms with Gasteiger partial charge in [-0.2, -0.15) is 5.26 Å². The van der Waals surface area contributed by atoms with E-state index in [9.17, 15) is 0 Å². The Hall–Kier alpha value is -4.16. The summed E-state index contributed by atoms with van der Waals surface area (Å²) in [5, 5.41) is 8.77. The SMILES string of the molecule is C[N+](CCC#N)=C1C=CC(=CC=C2C=C(c3ccccc3)C=C(c3ccccc3)O2)C=C1. The van der Waals surface area contributed by atoms with Gasteiger partial charge < -0.3 is 4.74 Å². The molecule has 1 aliphatic heterocycles. The van der Waals surface area contributed by atoms with E-state index >= 15 is 0 Å². The first kappa shape index (κ1) is 21.1. The Kier molecular flexibility index (Phi) is 6.75. The Morgan fingerprint density at radius 2 is 1.50 bits per heavy atom. The van der Waals surface area contributed by atoms with Gasteiger partial charge in [0.25, 0.3) is 0 Å². The molecule has 0 radical (unpaired) electrons. The monoisotopic (exact) mass is 417 g/mol. The van der Waals surface area contributed by atoms with E-state index in [1.165, 1.54) is 0 Å². The Morgan fingerprint density at radius 3 is 2.16 bits per heavy atom. The lowest BCUT2D eigenvalue weighted by atomic mass is 10.0. The second kappa shape index (κ2) is 10.2. The van der Waals surface area contributed by atoms with Gasteiger partial charge in [0.05, 0.1) is 12.5 Å². The van der Waals surface area contributed by atoms with Crippen LogP contribution in [0.3, 0.4) is 0 Å². The second-order valence-electron chi connectivity index (χ2n) is 7.60. The summed E-state index contributed by atoms with van der Waals surface area (Å²) in [5.74, 6) is 1.63. The summed E-state index contributed by atoms with van der Waals surface area (Å²) in [7, 11) is 2.00. The van der Waals surface area contributed by atoms with Crippen molar-refractivity contribution in [2.45, 2.75) is 6.42 Å². The van der Waals surface area contributed by atoms with E-state index in [1.54, 1.807) is 0 Å². The van der Waals surface area contributed by atoms with Gasteiger partial charge >= 0.3 is 0 Å². The molecule has 2 aromatic rings. The fourth-order valence-electron chi connectivity index (χ4n) is 3.51. The molecule has 2 aliphatic rings. The second-order valence-corrected chi connectivity index (χ2v) is 7.60. The predicted octanol–water partition coefficient (Wildman–Crippen LogP) is 6.07. The van der Waals surface area contributed by atoms with Crippen LogP contribution < -0.4 is 0 Å². The third-order valence-corrected chi connectivity index (χ3v) is 5.31. The summed E-state index contributed by atoms with van der Waals surface area (Å²) in [5.41, 5.74) is 5.50. The van der Waals surface area contributed by atoms with E-state index in [2.05, 4.69) is 77.4 Å². The molecule has 3 heteroatoms. The fraction of sp³-hybridized carbons (Fsp3) is 0.103. The van der Waals surface area contributed by atoms with Crippen molar-refractivity contribution in [2.24, 2.45) is 0 Å². The molecular formula is C29H25N2O+. The van der Waals surface area contributed by atoms with Crippen molar-refractivity contribution >= 4 is 17.0 Å². The van der Waals surface area contributed by atoms with Crippen LogP contribution in [0.1, 0.15) is 17.5 Å². The van der Waals surface area contributed by atoms with Crippen LogP contribution in [-0.2, 0) is 4.74 Å². The molecule has 0 bridgehead atoms. The van der Waals surface area contributed by atoms with E-state index in [1.807, 2.05) is 49.5 Å². The molecule has 0 N–H and O–H groups in total. The number of rotatable bonds is 5. The van der Waals surface area contributed by atoms with Crippen LogP contribution in [0.5, 0.6) is 0 Å². The molecule has 0 spiro atoms. The topological polar surface area (TPSA) is 36.0 Å². The Balaban J connectivity index is 1.60. The van der Waals surface area contributed by atoms with Crippen molar-refractivity contribution in [3.63, 3.8) is 0 Å². The normalized spacial score (nSPS) is 16.2. The molecule has 1 heterocycles. The summed E-state index contributed by atoms with van der Waals surface area (Å²) in [4.78, 5) is 0. The molecule has 0 saturated heterocycles. The van der Waals surface area contributed by atoms with Crippen LogP contribution in [0, 0.1) is 11.3 Å². The zero-order chi connectivity index (χ0) is 22.2. The van der Waals surface area contributed by atoms with Gasteiger partial charge in [-0.05, 0) is 47.1 Å². The largest absolute Gasteiger partial charge is 0.457 e. The number of allylic oxidation sites excluding steroid dienone is 10. The number of benzene rings is 2. The molecular weight excluding hydrogens is 392 g/mol. The van der Waals surface area contributed by atoms with E-state index in [4.69, 9.17) is 10.00 Å². The molecule has 1 aliphatic carbocycles. The average molecular weight is 418 g/mol. The van der Waals surface area contributed by atoms with Crippen LogP contribution >= 0.6 is 0 Å². The molecule has 0 unspecified atom stereocenters. The number of nitrogens with zero attached hydrogens (tertiary/aromatic N) is 2. The zero-order valence-corrected chi connectivity index (χ0v) is 18.1. The maximum absolute atomic E-state index is 8.77. The Labute approximate surface area is 189 Å². The zero-order valence-electron chi connectivity index (χ0n) is 18.1. The standard InChI is InChI=1S/C29H25N2O/c1-31(20-8-19-30)27-16-13-23(14-17-27)15-18-28-21-26(24-9-4-2-5-10-24)22-29(32-28)25-11-6-3-7-12-25/h2-7,9-18,21-22H,8,20H2,1H3/q+1. The molecule has 0 atom stereocenters. The minimum atomic E-state index is 0.515. The minimum Gasteiger partial charge on any atom is -0.457 e. The van der Waals surface area contributed by atoms with Gasteiger partial charge in [0.1, 0.15) is 18.6 Å². The first-order valence-electron chi connectivity index (χ1n) is 10.7. The van der Waals surface area contributed by atoms with E-state index in [0.29, 0.717) is 6.42 Å². The van der Waals surface area contributed by atoms with Crippen LogP contribution in [0.25, 0.3) is 11.3 Å². The number of ether oxygens (including phenoxy) is 1. The maximum atomic E-state index is 8.77. The quantitative estimate of drug-likeness (QED) is 0.553. The molecule has 0 aromatic heterocycles. The fourth-order valence-corrected chi connectivity index (χ4v) is 3.51. The molecule has 0 amide bonds. The molecule has 0 fully saturated rings. The van der Waals surface area contributed by atoms with Crippen LogP contribution in [-0.4, -0.2) is 23.9 Å². The van der Waals surface area contributed by atoms with E-state index in [-0.39, 0.29) is 0 Å². The summed E-state index contributed by atoms with van der Waals surface area (Å²) in [6.45, 7) is 0.721. The third kappa shape index (κ3) is 5.30. The van der Waals surface area contributed by atoms with Gasteiger partial charge in [-0.15, -0.1) is 0 Å². The van der Waals surface area contributed by atoms with Crippen molar-refractivity contribution in [3.05, 3.63) is 132 Å². The molecule has 32 heavy (non-hydrogen) atoms. The Bertz CT molecular complexity index is 1210. The van der Waals surface area contributed by atoms with Crippen LogP contribution in [0.4, 0.5) is 0 Å². The van der Waals surface area contributed by atoms with Gasteiger partial charge in [0, 0.05) is 17.7 Å². The average Bonchev–Trinajstić information content (AvgIpc) is 2.87. The molecule has 156 valence electrons. The van der Waals surface area contributed by atoms with E-state index in [0.717, 1.165) is 46.0 Å². The van der Waals surface area contributed by atoms with Crippen molar-refractivity contribution in [1.82, 2.24) is 0 Å². The van der Waals surface area contributed by atoms with Gasteiger partial charge in [0.15, 0.2) is 12.3 Å². The lowest BCUT2D eigenvalue weighted by Crippen LogP contribution is -2.16. The van der Waals surface area contributed by atoms with Gasteiger partial charge in [-0.1, -0.05) is 66.7 Å². The van der Waals surface area contributed by atoms with Gasteiger partial charge in [-0.25, -0.2) is 4.58 Å². The first-order valence-corrected chi connectivity index (χ1v) is 10.7.